The fourth-order valence-electron chi connectivity index (χ4n) is 4.27. The zero-order valence-corrected chi connectivity index (χ0v) is 24.0. The molecule has 0 unspecified atom stereocenters. The maximum atomic E-state index is 13.3. The molecule has 39 heavy (non-hydrogen) atoms. The summed E-state index contributed by atoms with van der Waals surface area (Å²) in [5, 5.41) is 0.734. The third-order valence-corrected chi connectivity index (χ3v) is 10.4. The van der Waals surface area contributed by atoms with Gasteiger partial charge < -0.3 is 9.64 Å². The molecule has 4 aromatic rings. The highest BCUT2D eigenvalue weighted by molar-refractivity contribution is 7.93. The second kappa shape index (κ2) is 11.0. The molecule has 1 saturated heterocycles. The minimum absolute atomic E-state index is 0.184. The third kappa shape index (κ3) is 6.30. The SMILES string of the molecule is Cc1ccc(Oc2ccc(Cc3nsc(N4CCN(S(=O)(=O)c5ccccc5S(C)(=O)=O)CC4)n3)cc2)cc1. The molecule has 1 aliphatic heterocycles. The van der Waals surface area contributed by atoms with E-state index in [4.69, 9.17) is 4.74 Å². The van der Waals surface area contributed by atoms with Crippen LogP contribution in [-0.2, 0) is 26.3 Å². The second-order valence-corrected chi connectivity index (χ2v) is 14.0. The van der Waals surface area contributed by atoms with Crippen LogP contribution in [0.2, 0.25) is 0 Å². The van der Waals surface area contributed by atoms with Crippen molar-refractivity contribution in [3.63, 3.8) is 0 Å². The smallest absolute Gasteiger partial charge is 0.244 e. The lowest BCUT2D eigenvalue weighted by Crippen LogP contribution is -2.48. The Hall–Kier alpha value is -3.32. The van der Waals surface area contributed by atoms with Gasteiger partial charge in [0.15, 0.2) is 9.84 Å². The van der Waals surface area contributed by atoms with Crippen LogP contribution in [0.5, 0.6) is 11.5 Å². The Morgan fingerprint density at radius 2 is 1.41 bits per heavy atom. The zero-order chi connectivity index (χ0) is 27.6. The molecule has 0 aliphatic carbocycles. The lowest BCUT2D eigenvalue weighted by molar-refractivity contribution is 0.383. The summed E-state index contributed by atoms with van der Waals surface area (Å²) in [4.78, 5) is 6.31. The first-order chi connectivity index (χ1) is 18.6. The van der Waals surface area contributed by atoms with Gasteiger partial charge in [-0.2, -0.15) is 8.68 Å². The van der Waals surface area contributed by atoms with Crippen LogP contribution in [0.4, 0.5) is 5.13 Å². The maximum absolute atomic E-state index is 13.3. The summed E-state index contributed by atoms with van der Waals surface area (Å²) in [5.74, 6) is 2.23. The van der Waals surface area contributed by atoms with Crippen molar-refractivity contribution in [2.24, 2.45) is 0 Å². The fourth-order valence-corrected chi connectivity index (χ4v) is 8.03. The quantitative estimate of drug-likeness (QED) is 0.304. The first-order valence-electron chi connectivity index (χ1n) is 12.3. The molecule has 2 heterocycles. The Kier molecular flexibility index (Phi) is 7.72. The van der Waals surface area contributed by atoms with Gasteiger partial charge in [-0.1, -0.05) is 42.0 Å². The number of ether oxygens (including phenoxy) is 1. The van der Waals surface area contributed by atoms with Gasteiger partial charge in [-0.25, -0.2) is 21.8 Å². The number of sulfone groups is 1. The number of sulfonamides is 1. The molecule has 12 heteroatoms. The van der Waals surface area contributed by atoms with Crippen LogP contribution >= 0.6 is 11.5 Å². The summed E-state index contributed by atoms with van der Waals surface area (Å²) in [6.45, 7) is 3.33. The van der Waals surface area contributed by atoms with Gasteiger partial charge in [0.25, 0.3) is 0 Å². The van der Waals surface area contributed by atoms with Crippen molar-refractivity contribution in [1.29, 1.82) is 0 Å². The summed E-state index contributed by atoms with van der Waals surface area (Å²) in [5.41, 5.74) is 2.23. The summed E-state index contributed by atoms with van der Waals surface area (Å²) < 4.78 is 62.5. The summed E-state index contributed by atoms with van der Waals surface area (Å²) in [6.07, 6.45) is 1.58. The van der Waals surface area contributed by atoms with E-state index in [-0.39, 0.29) is 22.9 Å². The fraction of sp³-hybridized carbons (Fsp3) is 0.259. The summed E-state index contributed by atoms with van der Waals surface area (Å²) in [6, 6.07) is 21.4. The standard InChI is InChI=1S/C27H28N4O5S3/c1-20-7-11-22(12-8-20)36-23-13-9-21(10-14-23)19-26-28-27(37-29-26)30-15-17-31(18-16-30)39(34,35)25-6-4-3-5-24(25)38(2,32)33/h3-14H,15-19H2,1-2H3. The van der Waals surface area contributed by atoms with Gasteiger partial charge in [0.1, 0.15) is 22.2 Å². The number of hydrogen-bond acceptors (Lipinski definition) is 9. The maximum Gasteiger partial charge on any atom is 0.244 e. The largest absolute Gasteiger partial charge is 0.457 e. The number of anilines is 1. The van der Waals surface area contributed by atoms with Crippen LogP contribution in [0, 0.1) is 6.92 Å². The van der Waals surface area contributed by atoms with Gasteiger partial charge in [0.2, 0.25) is 15.2 Å². The Balaban J connectivity index is 1.20. The lowest BCUT2D eigenvalue weighted by Gasteiger charge is -2.33. The Morgan fingerprint density at radius 1 is 0.821 bits per heavy atom. The highest BCUT2D eigenvalue weighted by Gasteiger charge is 2.32. The molecule has 3 aromatic carbocycles. The molecule has 1 aromatic heterocycles. The molecule has 0 radical (unpaired) electrons. The number of hydrogen-bond donors (Lipinski definition) is 0. The van der Waals surface area contributed by atoms with E-state index >= 15 is 0 Å². The van der Waals surface area contributed by atoms with E-state index in [9.17, 15) is 16.8 Å². The monoisotopic (exact) mass is 584 g/mol. The van der Waals surface area contributed by atoms with Gasteiger partial charge in [0, 0.05) is 50.4 Å². The van der Waals surface area contributed by atoms with Gasteiger partial charge in [-0.15, -0.1) is 0 Å². The molecule has 0 bridgehead atoms. The first-order valence-corrected chi connectivity index (χ1v) is 16.4. The number of piperazine rings is 1. The normalized spacial score (nSPS) is 14.9. The van der Waals surface area contributed by atoms with E-state index in [1.807, 2.05) is 60.4 Å². The second-order valence-electron chi connectivity index (χ2n) is 9.34. The van der Waals surface area contributed by atoms with Crippen molar-refractivity contribution in [2.75, 3.05) is 37.3 Å². The van der Waals surface area contributed by atoms with Gasteiger partial charge in [-0.05, 0) is 48.9 Å². The molecule has 0 amide bonds. The number of nitrogens with zero attached hydrogens (tertiary/aromatic N) is 4. The van der Waals surface area contributed by atoms with Crippen LogP contribution in [0.3, 0.4) is 0 Å². The van der Waals surface area contributed by atoms with E-state index in [1.54, 1.807) is 0 Å². The summed E-state index contributed by atoms with van der Waals surface area (Å²) in [7, 11) is -7.65. The first kappa shape index (κ1) is 27.3. The van der Waals surface area contributed by atoms with E-state index < -0.39 is 19.9 Å². The molecule has 204 valence electrons. The predicted molar refractivity (Wildman–Crippen MR) is 151 cm³/mol. The van der Waals surface area contributed by atoms with Crippen molar-refractivity contribution < 1.29 is 21.6 Å². The molecule has 5 rings (SSSR count). The Bertz CT molecular complexity index is 1660. The third-order valence-electron chi connectivity index (χ3n) is 6.38. The number of benzene rings is 3. The van der Waals surface area contributed by atoms with Crippen molar-refractivity contribution in [3.05, 3.63) is 89.7 Å². The zero-order valence-electron chi connectivity index (χ0n) is 21.5. The molecule has 1 fully saturated rings. The highest BCUT2D eigenvalue weighted by Crippen LogP contribution is 2.27. The van der Waals surface area contributed by atoms with Gasteiger partial charge in [-0.3, -0.25) is 0 Å². The molecule has 1 aliphatic rings. The van der Waals surface area contributed by atoms with E-state index in [0.29, 0.717) is 25.3 Å². The minimum Gasteiger partial charge on any atom is -0.457 e. The average Bonchev–Trinajstić information content (AvgIpc) is 3.39. The summed E-state index contributed by atoms with van der Waals surface area (Å²) >= 11 is 1.29. The molecular formula is C27H28N4O5S3. The molecule has 0 atom stereocenters. The van der Waals surface area contributed by atoms with E-state index in [1.165, 1.54) is 45.7 Å². The lowest BCUT2D eigenvalue weighted by atomic mass is 10.1. The van der Waals surface area contributed by atoms with Gasteiger partial charge >= 0.3 is 0 Å². The van der Waals surface area contributed by atoms with Crippen LogP contribution in [0.25, 0.3) is 0 Å². The van der Waals surface area contributed by atoms with Crippen LogP contribution < -0.4 is 9.64 Å². The Morgan fingerprint density at radius 3 is 2.03 bits per heavy atom. The highest BCUT2D eigenvalue weighted by atomic mass is 32.2. The van der Waals surface area contributed by atoms with Gasteiger partial charge in [0.05, 0.1) is 4.90 Å². The topological polar surface area (TPSA) is 110 Å². The number of rotatable bonds is 8. The minimum atomic E-state index is -3.96. The molecule has 0 N–H and O–H groups in total. The Labute approximate surface area is 232 Å². The molecule has 0 spiro atoms. The van der Waals surface area contributed by atoms with Crippen molar-refractivity contribution >= 4 is 36.5 Å². The average molecular weight is 585 g/mol. The molecular weight excluding hydrogens is 557 g/mol. The van der Waals surface area contributed by atoms with E-state index in [0.717, 1.165) is 28.4 Å². The van der Waals surface area contributed by atoms with Crippen LogP contribution in [-0.4, -0.2) is 62.9 Å². The van der Waals surface area contributed by atoms with Crippen LogP contribution in [0.15, 0.2) is 82.6 Å². The van der Waals surface area contributed by atoms with Crippen molar-refractivity contribution in [3.8, 4) is 11.5 Å². The van der Waals surface area contributed by atoms with Crippen molar-refractivity contribution in [2.45, 2.75) is 23.1 Å². The predicted octanol–water partition coefficient (Wildman–Crippen LogP) is 4.14. The number of aromatic nitrogens is 2. The molecule has 9 nitrogen and oxygen atoms in total. The molecule has 0 saturated carbocycles. The van der Waals surface area contributed by atoms with E-state index in [2.05, 4.69) is 9.36 Å². The number of aryl methyl sites for hydroxylation is 1. The van der Waals surface area contributed by atoms with Crippen molar-refractivity contribution in [1.82, 2.24) is 13.7 Å². The van der Waals surface area contributed by atoms with Crippen LogP contribution in [0.1, 0.15) is 17.0 Å².